The van der Waals surface area contributed by atoms with E-state index in [1.54, 1.807) is 6.20 Å². The Morgan fingerprint density at radius 1 is 1.00 bits per heavy atom. The Morgan fingerprint density at radius 3 is 2.57 bits per heavy atom. The summed E-state index contributed by atoms with van der Waals surface area (Å²) in [7, 11) is 0. The van der Waals surface area contributed by atoms with E-state index in [9.17, 15) is 0 Å². The van der Waals surface area contributed by atoms with Crippen LogP contribution in [0, 0.1) is 0 Å². The van der Waals surface area contributed by atoms with E-state index in [0.29, 0.717) is 11.9 Å². The molecule has 0 unspecified atom stereocenters. The van der Waals surface area contributed by atoms with Crippen LogP contribution in [-0.4, -0.2) is 11.0 Å². The number of nitrogens with zero attached hydrogens (tertiary/aromatic N) is 1. The number of fused-ring (bicyclic) bond motifs is 1. The van der Waals surface area contributed by atoms with Crippen LogP contribution >= 0.6 is 0 Å². The molecule has 0 saturated carbocycles. The van der Waals surface area contributed by atoms with Crippen molar-refractivity contribution in [2.75, 3.05) is 5.32 Å². The highest BCUT2D eigenvalue weighted by Gasteiger charge is 2.06. The SMILES string of the molecule is CC(C)Nc1ccc2c(Oc3ccccc3)nccc2c1. The van der Waals surface area contributed by atoms with Crippen LogP contribution in [0.25, 0.3) is 10.8 Å². The lowest BCUT2D eigenvalue weighted by atomic mass is 10.1. The fourth-order valence-corrected chi connectivity index (χ4v) is 2.25. The first-order valence-electron chi connectivity index (χ1n) is 7.10. The van der Waals surface area contributed by atoms with Gasteiger partial charge in [0.25, 0.3) is 0 Å². The molecule has 0 aliphatic heterocycles. The molecule has 0 fully saturated rings. The number of nitrogens with one attached hydrogen (secondary N) is 1. The monoisotopic (exact) mass is 278 g/mol. The van der Waals surface area contributed by atoms with Gasteiger partial charge in [-0.3, -0.25) is 0 Å². The Hall–Kier alpha value is -2.55. The molecule has 0 aliphatic carbocycles. The van der Waals surface area contributed by atoms with Gasteiger partial charge in [0.1, 0.15) is 5.75 Å². The van der Waals surface area contributed by atoms with Gasteiger partial charge >= 0.3 is 0 Å². The molecule has 1 aromatic heterocycles. The summed E-state index contributed by atoms with van der Waals surface area (Å²) in [4.78, 5) is 4.35. The summed E-state index contributed by atoms with van der Waals surface area (Å²) in [5.41, 5.74) is 1.11. The maximum Gasteiger partial charge on any atom is 0.227 e. The third-order valence-corrected chi connectivity index (χ3v) is 3.14. The molecule has 3 heteroatoms. The normalized spacial score (nSPS) is 10.8. The number of aromatic nitrogens is 1. The summed E-state index contributed by atoms with van der Waals surface area (Å²) in [6.45, 7) is 4.25. The van der Waals surface area contributed by atoms with Gasteiger partial charge in [0, 0.05) is 23.3 Å². The molecular formula is C18H18N2O. The van der Waals surface area contributed by atoms with Gasteiger partial charge in [0.05, 0.1) is 0 Å². The number of para-hydroxylation sites is 1. The molecule has 0 bridgehead atoms. The van der Waals surface area contributed by atoms with E-state index in [-0.39, 0.29) is 0 Å². The number of hydrogen-bond donors (Lipinski definition) is 1. The standard InChI is InChI=1S/C18H18N2O/c1-13(2)20-15-8-9-17-14(12-15)10-11-19-18(17)21-16-6-4-3-5-7-16/h3-13,20H,1-2H3. The fraction of sp³-hybridized carbons (Fsp3) is 0.167. The molecule has 1 heterocycles. The minimum Gasteiger partial charge on any atom is -0.438 e. The summed E-state index contributed by atoms with van der Waals surface area (Å²) in [5.74, 6) is 1.43. The van der Waals surface area contributed by atoms with E-state index in [2.05, 4.69) is 36.3 Å². The van der Waals surface area contributed by atoms with Crippen molar-refractivity contribution >= 4 is 16.5 Å². The summed E-state index contributed by atoms with van der Waals surface area (Å²) in [6, 6.07) is 18.3. The van der Waals surface area contributed by atoms with E-state index in [0.717, 1.165) is 22.2 Å². The average molecular weight is 278 g/mol. The largest absolute Gasteiger partial charge is 0.438 e. The molecule has 0 amide bonds. The number of hydrogen-bond acceptors (Lipinski definition) is 3. The van der Waals surface area contributed by atoms with E-state index < -0.39 is 0 Å². The second-order valence-corrected chi connectivity index (χ2v) is 5.27. The van der Waals surface area contributed by atoms with Crippen LogP contribution in [0.5, 0.6) is 11.6 Å². The Kier molecular flexibility index (Phi) is 3.73. The lowest BCUT2D eigenvalue weighted by Gasteiger charge is -2.12. The molecule has 0 atom stereocenters. The van der Waals surface area contributed by atoms with Crippen LogP contribution in [0.2, 0.25) is 0 Å². The van der Waals surface area contributed by atoms with Gasteiger partial charge in [-0.1, -0.05) is 18.2 Å². The van der Waals surface area contributed by atoms with Crippen LogP contribution in [0.1, 0.15) is 13.8 Å². The van der Waals surface area contributed by atoms with E-state index in [4.69, 9.17) is 4.74 Å². The molecule has 0 radical (unpaired) electrons. The Morgan fingerprint density at radius 2 is 1.81 bits per heavy atom. The minimum atomic E-state index is 0.407. The lowest BCUT2D eigenvalue weighted by molar-refractivity contribution is 0.469. The van der Waals surface area contributed by atoms with Crippen molar-refractivity contribution in [3.05, 3.63) is 60.8 Å². The summed E-state index contributed by atoms with van der Waals surface area (Å²) < 4.78 is 5.88. The highest BCUT2D eigenvalue weighted by Crippen LogP contribution is 2.29. The molecule has 106 valence electrons. The molecule has 3 nitrogen and oxygen atoms in total. The smallest absolute Gasteiger partial charge is 0.227 e. The minimum absolute atomic E-state index is 0.407. The predicted molar refractivity (Wildman–Crippen MR) is 87.0 cm³/mol. The maximum absolute atomic E-state index is 5.88. The molecule has 2 aromatic carbocycles. The number of ether oxygens (including phenoxy) is 1. The van der Waals surface area contributed by atoms with Crippen LogP contribution in [0.3, 0.4) is 0 Å². The molecule has 21 heavy (non-hydrogen) atoms. The molecular weight excluding hydrogens is 260 g/mol. The topological polar surface area (TPSA) is 34.1 Å². The number of rotatable bonds is 4. The number of anilines is 1. The first-order chi connectivity index (χ1) is 10.2. The van der Waals surface area contributed by atoms with Gasteiger partial charge in [-0.05, 0) is 55.6 Å². The summed E-state index contributed by atoms with van der Waals surface area (Å²) >= 11 is 0. The number of pyridine rings is 1. The van der Waals surface area contributed by atoms with E-state index in [1.807, 2.05) is 42.5 Å². The lowest BCUT2D eigenvalue weighted by Crippen LogP contribution is -2.09. The average Bonchev–Trinajstić information content (AvgIpc) is 2.48. The zero-order valence-corrected chi connectivity index (χ0v) is 12.2. The van der Waals surface area contributed by atoms with Crippen molar-refractivity contribution in [3.63, 3.8) is 0 Å². The van der Waals surface area contributed by atoms with Gasteiger partial charge in [-0.2, -0.15) is 0 Å². The maximum atomic E-state index is 5.88. The Bertz CT molecular complexity index is 739. The predicted octanol–water partition coefficient (Wildman–Crippen LogP) is 4.85. The fourth-order valence-electron chi connectivity index (χ4n) is 2.25. The van der Waals surface area contributed by atoms with Gasteiger partial charge in [-0.25, -0.2) is 4.98 Å². The van der Waals surface area contributed by atoms with Crippen molar-refractivity contribution in [1.82, 2.24) is 4.98 Å². The van der Waals surface area contributed by atoms with Gasteiger partial charge in [0.2, 0.25) is 5.88 Å². The Balaban J connectivity index is 1.96. The van der Waals surface area contributed by atoms with Crippen LogP contribution < -0.4 is 10.1 Å². The van der Waals surface area contributed by atoms with Crippen molar-refractivity contribution < 1.29 is 4.74 Å². The summed E-state index contributed by atoms with van der Waals surface area (Å²) in [6.07, 6.45) is 1.78. The molecule has 3 aromatic rings. The molecule has 0 spiro atoms. The van der Waals surface area contributed by atoms with Crippen molar-refractivity contribution in [2.45, 2.75) is 19.9 Å². The second kappa shape index (κ2) is 5.83. The quantitative estimate of drug-likeness (QED) is 0.741. The van der Waals surface area contributed by atoms with Gasteiger partial charge in [0.15, 0.2) is 0 Å². The first kappa shape index (κ1) is 13.4. The third-order valence-electron chi connectivity index (χ3n) is 3.14. The third kappa shape index (κ3) is 3.14. The summed E-state index contributed by atoms with van der Waals surface area (Å²) in [5, 5.41) is 5.53. The van der Waals surface area contributed by atoms with E-state index >= 15 is 0 Å². The highest BCUT2D eigenvalue weighted by molar-refractivity contribution is 5.89. The highest BCUT2D eigenvalue weighted by atomic mass is 16.5. The molecule has 0 saturated heterocycles. The zero-order chi connectivity index (χ0) is 14.7. The first-order valence-corrected chi connectivity index (χ1v) is 7.10. The van der Waals surface area contributed by atoms with E-state index in [1.165, 1.54) is 0 Å². The second-order valence-electron chi connectivity index (χ2n) is 5.27. The zero-order valence-electron chi connectivity index (χ0n) is 12.2. The van der Waals surface area contributed by atoms with Crippen LogP contribution in [0.4, 0.5) is 5.69 Å². The Labute approximate surface area is 124 Å². The number of benzene rings is 2. The van der Waals surface area contributed by atoms with Crippen LogP contribution in [-0.2, 0) is 0 Å². The molecule has 3 rings (SSSR count). The molecule has 1 N–H and O–H groups in total. The van der Waals surface area contributed by atoms with Crippen molar-refractivity contribution in [2.24, 2.45) is 0 Å². The van der Waals surface area contributed by atoms with Crippen molar-refractivity contribution in [1.29, 1.82) is 0 Å². The van der Waals surface area contributed by atoms with Crippen molar-refractivity contribution in [3.8, 4) is 11.6 Å². The van der Waals surface area contributed by atoms with Crippen LogP contribution in [0.15, 0.2) is 60.8 Å². The van der Waals surface area contributed by atoms with Gasteiger partial charge in [-0.15, -0.1) is 0 Å². The van der Waals surface area contributed by atoms with Gasteiger partial charge < -0.3 is 10.1 Å². The molecule has 0 aliphatic rings.